The zero-order chi connectivity index (χ0) is 26.7. The number of aromatic nitrogens is 2. The van der Waals surface area contributed by atoms with E-state index < -0.39 is 0 Å². The largest absolute Gasteiger partial charge is 0.463 e. The summed E-state index contributed by atoms with van der Waals surface area (Å²) in [6.07, 6.45) is 8.89. The number of ether oxygens (including phenoxy) is 1. The molecule has 0 aliphatic carbocycles. The van der Waals surface area contributed by atoms with Crippen LogP contribution in [-0.4, -0.2) is 42.3 Å². The first-order valence-electron chi connectivity index (χ1n) is 14.5. The lowest BCUT2D eigenvalue weighted by molar-refractivity contribution is 0.281. The van der Waals surface area contributed by atoms with Crippen molar-refractivity contribution in [1.82, 2.24) is 15.3 Å². The van der Waals surface area contributed by atoms with E-state index in [9.17, 15) is 5.26 Å². The lowest BCUT2D eigenvalue weighted by Crippen LogP contribution is -2.51. The predicted molar refractivity (Wildman–Crippen MR) is 156 cm³/mol. The summed E-state index contributed by atoms with van der Waals surface area (Å²) in [5.74, 6) is 1.01. The van der Waals surface area contributed by atoms with Crippen molar-refractivity contribution in [3.8, 4) is 12.1 Å². The molecule has 4 rings (SSSR count). The number of hydrogen-bond donors (Lipinski definition) is 1. The lowest BCUT2D eigenvalue weighted by Gasteiger charge is -2.35. The predicted octanol–water partition coefficient (Wildman–Crippen LogP) is 6.33. The first kappa shape index (κ1) is 27.9. The third-order valence-electron chi connectivity index (χ3n) is 7.51. The van der Waals surface area contributed by atoms with Gasteiger partial charge in [-0.05, 0) is 61.8 Å². The normalized spacial score (nSPS) is 15.5. The number of nitrogens with zero attached hydrogens (tertiary/aromatic N) is 4. The van der Waals surface area contributed by atoms with Crippen molar-refractivity contribution in [2.24, 2.45) is 0 Å². The van der Waals surface area contributed by atoms with Crippen molar-refractivity contribution in [3.05, 3.63) is 58.8 Å². The first-order valence-corrected chi connectivity index (χ1v) is 14.5. The van der Waals surface area contributed by atoms with E-state index in [1.54, 1.807) is 0 Å². The van der Waals surface area contributed by atoms with E-state index >= 15 is 0 Å². The highest BCUT2D eigenvalue weighted by molar-refractivity contribution is 5.86. The Morgan fingerprint density at radius 3 is 2.76 bits per heavy atom. The summed E-state index contributed by atoms with van der Waals surface area (Å²) >= 11 is 0. The maximum absolute atomic E-state index is 9.26. The van der Waals surface area contributed by atoms with E-state index in [1.165, 1.54) is 27.5 Å². The molecule has 3 aromatic rings. The van der Waals surface area contributed by atoms with Crippen LogP contribution in [0.25, 0.3) is 10.8 Å². The highest BCUT2D eigenvalue weighted by Crippen LogP contribution is 2.28. The summed E-state index contributed by atoms with van der Waals surface area (Å²) < 4.78 is 6.03. The molecular weight excluding hydrogens is 470 g/mol. The number of fused-ring (bicyclic) bond motifs is 1. The molecule has 1 aliphatic heterocycles. The van der Waals surface area contributed by atoms with Crippen LogP contribution >= 0.6 is 0 Å². The van der Waals surface area contributed by atoms with Gasteiger partial charge in [-0.3, -0.25) is 0 Å². The molecule has 6 nitrogen and oxygen atoms in total. The van der Waals surface area contributed by atoms with E-state index in [0.29, 0.717) is 19.0 Å². The molecule has 1 unspecified atom stereocenters. The van der Waals surface area contributed by atoms with Crippen LogP contribution in [0.1, 0.15) is 74.8 Å². The fraction of sp³-hybridized carbons (Fsp3) is 0.531. The number of anilines is 1. The van der Waals surface area contributed by atoms with Gasteiger partial charge in [0, 0.05) is 31.2 Å². The van der Waals surface area contributed by atoms with Crippen molar-refractivity contribution in [2.45, 2.75) is 84.6 Å². The van der Waals surface area contributed by atoms with Gasteiger partial charge in [0.05, 0.1) is 24.8 Å². The highest BCUT2D eigenvalue weighted by atomic mass is 16.5. The van der Waals surface area contributed by atoms with E-state index in [2.05, 4.69) is 73.5 Å². The number of nitriles is 1. The topological polar surface area (TPSA) is 74.1 Å². The average molecular weight is 514 g/mol. The second kappa shape index (κ2) is 14.1. The molecular formula is C32H43N5O. The van der Waals surface area contributed by atoms with E-state index in [0.717, 1.165) is 82.5 Å². The molecule has 0 radical (unpaired) electrons. The molecule has 6 heteroatoms. The molecule has 0 saturated carbocycles. The summed E-state index contributed by atoms with van der Waals surface area (Å²) in [7, 11) is 0. The maximum atomic E-state index is 9.26. The van der Waals surface area contributed by atoms with Gasteiger partial charge in [0.2, 0.25) is 0 Å². The van der Waals surface area contributed by atoms with E-state index in [-0.39, 0.29) is 6.04 Å². The fourth-order valence-electron chi connectivity index (χ4n) is 5.46. The Bertz CT molecular complexity index is 1230. The van der Waals surface area contributed by atoms with Crippen LogP contribution in [0, 0.1) is 18.3 Å². The number of unbranched alkanes of at least 4 members (excludes halogenated alkanes) is 3. The highest BCUT2D eigenvalue weighted by Gasteiger charge is 2.25. The monoisotopic (exact) mass is 513 g/mol. The smallest absolute Gasteiger partial charge is 0.318 e. The Balaban J connectivity index is 1.51. The quantitative estimate of drug-likeness (QED) is 0.269. The molecule has 1 saturated heterocycles. The van der Waals surface area contributed by atoms with Crippen LogP contribution in [0.5, 0.6) is 6.01 Å². The number of benzene rings is 2. The van der Waals surface area contributed by atoms with Crippen LogP contribution in [0.15, 0.2) is 36.4 Å². The Morgan fingerprint density at radius 1 is 1.08 bits per heavy atom. The standard InChI is InChI=1S/C32H43N5O/c1-4-6-9-21-38-32-35-30(5-2)29(31(36-32)37-20-19-34-27(23-37)17-18-33)14-8-7-11-25-12-10-13-26-22-24(3)15-16-28(25)26/h10,12-13,15-16,22,27,34H,4-9,11,14,17,19-21,23H2,1-3H3. The third kappa shape index (κ3) is 7.23. The molecule has 0 spiro atoms. The van der Waals surface area contributed by atoms with Crippen molar-refractivity contribution in [2.75, 3.05) is 31.1 Å². The molecule has 2 heterocycles. The molecule has 1 fully saturated rings. The van der Waals surface area contributed by atoms with Crippen LogP contribution in [-0.2, 0) is 19.3 Å². The van der Waals surface area contributed by atoms with E-state index in [4.69, 9.17) is 14.7 Å². The zero-order valence-electron chi connectivity index (χ0n) is 23.4. The summed E-state index contributed by atoms with van der Waals surface area (Å²) in [5.41, 5.74) is 5.07. The molecule has 1 aromatic heterocycles. The van der Waals surface area contributed by atoms with Gasteiger partial charge in [-0.1, -0.05) is 68.7 Å². The number of hydrogen-bond acceptors (Lipinski definition) is 6. The van der Waals surface area contributed by atoms with Gasteiger partial charge in [0.25, 0.3) is 0 Å². The summed E-state index contributed by atoms with van der Waals surface area (Å²) in [4.78, 5) is 12.2. The summed E-state index contributed by atoms with van der Waals surface area (Å²) in [6.45, 7) is 9.68. The third-order valence-corrected chi connectivity index (χ3v) is 7.51. The minimum atomic E-state index is 0.158. The molecule has 202 valence electrons. The van der Waals surface area contributed by atoms with Crippen molar-refractivity contribution < 1.29 is 4.74 Å². The number of nitrogens with one attached hydrogen (secondary N) is 1. The molecule has 1 N–H and O–H groups in total. The minimum absolute atomic E-state index is 0.158. The molecule has 2 aromatic carbocycles. The van der Waals surface area contributed by atoms with Gasteiger partial charge in [-0.15, -0.1) is 0 Å². The fourth-order valence-corrected chi connectivity index (χ4v) is 5.46. The van der Waals surface area contributed by atoms with Gasteiger partial charge in [0.15, 0.2) is 0 Å². The van der Waals surface area contributed by atoms with Crippen molar-refractivity contribution in [1.29, 1.82) is 5.26 Å². The SMILES string of the molecule is CCCCCOc1nc(CC)c(CCCCc2cccc3cc(C)ccc23)c(N2CCNC(CC#N)C2)n1. The zero-order valence-corrected chi connectivity index (χ0v) is 23.4. The Labute approximate surface area is 228 Å². The minimum Gasteiger partial charge on any atom is -0.463 e. The van der Waals surface area contributed by atoms with Gasteiger partial charge in [-0.25, -0.2) is 0 Å². The van der Waals surface area contributed by atoms with Crippen LogP contribution in [0.4, 0.5) is 5.82 Å². The number of rotatable bonds is 13. The van der Waals surface area contributed by atoms with Crippen molar-refractivity contribution in [3.63, 3.8) is 0 Å². The summed E-state index contributed by atoms with van der Waals surface area (Å²) in [5, 5.41) is 15.4. The molecule has 38 heavy (non-hydrogen) atoms. The van der Waals surface area contributed by atoms with Crippen LogP contribution in [0.2, 0.25) is 0 Å². The number of aryl methyl sites for hydroxylation is 3. The molecule has 0 amide bonds. The van der Waals surface area contributed by atoms with Crippen LogP contribution < -0.4 is 15.0 Å². The second-order valence-corrected chi connectivity index (χ2v) is 10.5. The average Bonchev–Trinajstić information content (AvgIpc) is 2.93. The Morgan fingerprint density at radius 2 is 1.95 bits per heavy atom. The second-order valence-electron chi connectivity index (χ2n) is 10.5. The molecule has 1 atom stereocenters. The van der Waals surface area contributed by atoms with Crippen LogP contribution in [0.3, 0.4) is 0 Å². The first-order chi connectivity index (χ1) is 18.6. The maximum Gasteiger partial charge on any atom is 0.318 e. The molecule has 1 aliphatic rings. The Kier molecular flexibility index (Phi) is 10.3. The van der Waals surface area contributed by atoms with Gasteiger partial charge < -0.3 is 15.0 Å². The van der Waals surface area contributed by atoms with E-state index in [1.807, 2.05) is 0 Å². The number of piperazine rings is 1. The van der Waals surface area contributed by atoms with Gasteiger partial charge >= 0.3 is 6.01 Å². The van der Waals surface area contributed by atoms with Gasteiger partial charge in [-0.2, -0.15) is 15.2 Å². The summed E-state index contributed by atoms with van der Waals surface area (Å²) in [6, 6.07) is 16.4. The lowest BCUT2D eigenvalue weighted by atomic mass is 9.97. The van der Waals surface area contributed by atoms with Crippen molar-refractivity contribution >= 4 is 16.6 Å². The molecule has 0 bridgehead atoms. The van der Waals surface area contributed by atoms with Gasteiger partial charge in [0.1, 0.15) is 5.82 Å². The Hall–Kier alpha value is -3.17.